The molecule has 2 aliphatic carbocycles. The van der Waals surface area contributed by atoms with E-state index in [2.05, 4.69) is 41.5 Å². The molecule has 2 rings (SSSR count). The van der Waals surface area contributed by atoms with Crippen molar-refractivity contribution in [2.75, 3.05) is 6.61 Å². The summed E-state index contributed by atoms with van der Waals surface area (Å²) in [6.07, 6.45) is 3.87. The van der Waals surface area contributed by atoms with Crippen molar-refractivity contribution in [3.05, 3.63) is 0 Å². The van der Waals surface area contributed by atoms with Crippen molar-refractivity contribution in [1.82, 2.24) is 0 Å². The number of ether oxygens (including phenoxy) is 3. The second kappa shape index (κ2) is 10.9. The molecule has 180 valence electrons. The van der Waals surface area contributed by atoms with Crippen molar-refractivity contribution in [1.29, 1.82) is 0 Å². The molecular formula is C25H44O6. The number of carbonyl (C=O) groups is 2. The van der Waals surface area contributed by atoms with E-state index in [4.69, 9.17) is 14.2 Å². The molecule has 6 heteroatoms. The van der Waals surface area contributed by atoms with Crippen molar-refractivity contribution in [3.8, 4) is 0 Å². The third-order valence-electron chi connectivity index (χ3n) is 7.81. The first-order valence-electron chi connectivity index (χ1n) is 12.2. The van der Waals surface area contributed by atoms with Gasteiger partial charge in [0.1, 0.15) is 18.3 Å². The van der Waals surface area contributed by atoms with Crippen molar-refractivity contribution >= 4 is 12.3 Å². The summed E-state index contributed by atoms with van der Waals surface area (Å²) >= 11 is 0. The van der Waals surface area contributed by atoms with Gasteiger partial charge in [-0.15, -0.1) is 0 Å². The van der Waals surface area contributed by atoms with Crippen molar-refractivity contribution in [2.24, 2.45) is 41.4 Å². The van der Waals surface area contributed by atoms with E-state index < -0.39 is 17.9 Å². The molecule has 0 radical (unpaired) electrons. The lowest BCUT2D eigenvalue weighted by Gasteiger charge is -2.46. The van der Waals surface area contributed by atoms with Gasteiger partial charge in [-0.2, -0.15) is 0 Å². The van der Waals surface area contributed by atoms with Gasteiger partial charge < -0.3 is 19.3 Å². The fourth-order valence-electron chi connectivity index (χ4n) is 5.93. The molecule has 1 N–H and O–H groups in total. The molecule has 7 atom stereocenters. The summed E-state index contributed by atoms with van der Waals surface area (Å²) in [5.74, 6) is 2.49. The number of rotatable bonds is 7. The van der Waals surface area contributed by atoms with E-state index in [1.54, 1.807) is 6.92 Å². The zero-order valence-electron chi connectivity index (χ0n) is 20.6. The fraction of sp³-hybridized carbons (Fsp3) is 0.920. The minimum absolute atomic E-state index is 0.00161. The molecule has 0 heterocycles. The Morgan fingerprint density at radius 1 is 0.935 bits per heavy atom. The first-order valence-corrected chi connectivity index (χ1v) is 12.2. The van der Waals surface area contributed by atoms with Crippen LogP contribution < -0.4 is 0 Å². The van der Waals surface area contributed by atoms with E-state index in [1.165, 1.54) is 0 Å². The van der Waals surface area contributed by atoms with Gasteiger partial charge >= 0.3 is 12.3 Å². The van der Waals surface area contributed by atoms with Crippen LogP contribution in [0, 0.1) is 41.4 Å². The summed E-state index contributed by atoms with van der Waals surface area (Å²) in [6.45, 7) is 14.7. The quantitative estimate of drug-likeness (QED) is 0.440. The van der Waals surface area contributed by atoms with Gasteiger partial charge in [0.05, 0.1) is 0 Å². The molecule has 0 bridgehead atoms. The summed E-state index contributed by atoms with van der Waals surface area (Å²) in [4.78, 5) is 24.2. The van der Waals surface area contributed by atoms with Crippen molar-refractivity contribution < 1.29 is 28.9 Å². The van der Waals surface area contributed by atoms with Gasteiger partial charge in [-0.1, -0.05) is 54.4 Å². The Bertz CT molecular complexity index is 603. The molecule has 0 amide bonds. The minimum Gasteiger partial charge on any atom is -0.450 e. The van der Waals surface area contributed by atoms with Gasteiger partial charge in [-0.25, -0.2) is 9.59 Å². The molecule has 0 aromatic carbocycles. The zero-order chi connectivity index (χ0) is 23.3. The van der Waals surface area contributed by atoms with E-state index in [-0.39, 0.29) is 18.6 Å². The highest BCUT2D eigenvalue weighted by Crippen LogP contribution is 2.45. The summed E-state index contributed by atoms with van der Waals surface area (Å²) < 4.78 is 16.7. The largest absolute Gasteiger partial charge is 0.508 e. The smallest absolute Gasteiger partial charge is 0.450 e. The Labute approximate surface area is 188 Å². The second-order valence-corrected chi connectivity index (χ2v) is 11.1. The van der Waals surface area contributed by atoms with Crippen LogP contribution in [-0.4, -0.2) is 35.7 Å². The summed E-state index contributed by atoms with van der Waals surface area (Å²) in [5.41, 5.74) is -1.09. The summed E-state index contributed by atoms with van der Waals surface area (Å²) in [7, 11) is 0. The molecule has 0 aromatic heterocycles. The Hall–Kier alpha value is -1.46. The average molecular weight is 441 g/mol. The molecule has 0 aromatic rings. The number of hydrogen-bond donors (Lipinski definition) is 1. The van der Waals surface area contributed by atoms with Crippen LogP contribution in [0.1, 0.15) is 87.0 Å². The molecule has 6 nitrogen and oxygen atoms in total. The van der Waals surface area contributed by atoms with Gasteiger partial charge in [-0.3, -0.25) is 0 Å². The Morgan fingerprint density at radius 2 is 1.48 bits per heavy atom. The van der Waals surface area contributed by atoms with Gasteiger partial charge in [0.15, 0.2) is 0 Å². The van der Waals surface area contributed by atoms with Crippen LogP contribution in [0.3, 0.4) is 0 Å². The van der Waals surface area contributed by atoms with Crippen molar-refractivity contribution in [2.45, 2.75) is 98.7 Å². The lowest BCUT2D eigenvalue weighted by Crippen LogP contribution is -2.50. The van der Waals surface area contributed by atoms with Crippen LogP contribution in [0.4, 0.5) is 9.59 Å². The maximum absolute atomic E-state index is 12.6. The first kappa shape index (κ1) is 25.8. The minimum atomic E-state index is -1.33. The third-order valence-corrected chi connectivity index (χ3v) is 7.81. The fourth-order valence-corrected chi connectivity index (χ4v) is 5.93. The summed E-state index contributed by atoms with van der Waals surface area (Å²) in [6, 6.07) is 0. The van der Waals surface area contributed by atoms with Crippen molar-refractivity contribution in [3.63, 3.8) is 0 Å². The van der Waals surface area contributed by atoms with Crippen LogP contribution in [0.2, 0.25) is 0 Å². The zero-order valence-corrected chi connectivity index (χ0v) is 20.6. The van der Waals surface area contributed by atoms with Gasteiger partial charge in [0.25, 0.3) is 0 Å². The molecule has 0 aliphatic heterocycles. The number of hydrogen-bond acceptors (Lipinski definition) is 5. The maximum Gasteiger partial charge on any atom is 0.508 e. The SMILES string of the molecule is CC1CCC(C(C)C)C(OC(=O)OCC(C)(OC(=O)O)C2CC(C)CCC2C(C)C)C1. The standard InChI is InChI=1S/C25H44O6/c1-15(2)19-10-8-17(5)12-21(19)25(7,31-23(26)27)14-29-24(28)30-22-13-18(6)9-11-20(22)16(3)4/h15-22H,8-14H2,1-7H3,(H,26,27). The van der Waals surface area contributed by atoms with Crippen LogP contribution in [0.15, 0.2) is 0 Å². The molecule has 2 saturated carbocycles. The molecule has 31 heavy (non-hydrogen) atoms. The molecular weight excluding hydrogens is 396 g/mol. The molecule has 2 aliphatic rings. The highest BCUT2D eigenvalue weighted by Gasteiger charge is 2.47. The monoisotopic (exact) mass is 440 g/mol. The highest BCUT2D eigenvalue weighted by molar-refractivity contribution is 5.60. The predicted molar refractivity (Wildman–Crippen MR) is 120 cm³/mol. The normalized spacial score (nSPS) is 33.6. The Balaban J connectivity index is 2.09. The second-order valence-electron chi connectivity index (χ2n) is 11.1. The van der Waals surface area contributed by atoms with Gasteiger partial charge in [-0.05, 0) is 68.1 Å². The molecule has 7 unspecified atom stereocenters. The van der Waals surface area contributed by atoms with E-state index in [9.17, 15) is 14.7 Å². The first-order chi connectivity index (χ1) is 14.4. The van der Waals surface area contributed by atoms with E-state index in [0.717, 1.165) is 38.5 Å². The van der Waals surface area contributed by atoms with E-state index >= 15 is 0 Å². The Kier molecular flexibility index (Phi) is 9.08. The summed E-state index contributed by atoms with van der Waals surface area (Å²) in [5, 5.41) is 9.43. The lowest BCUT2D eigenvalue weighted by molar-refractivity contribution is -0.123. The van der Waals surface area contributed by atoms with Gasteiger partial charge in [0, 0.05) is 5.92 Å². The maximum atomic E-state index is 12.6. The highest BCUT2D eigenvalue weighted by atomic mass is 16.7. The number of carboxylic acid groups (broad SMARTS) is 1. The van der Waals surface area contributed by atoms with Crippen LogP contribution >= 0.6 is 0 Å². The average Bonchev–Trinajstić information content (AvgIpc) is 2.65. The van der Waals surface area contributed by atoms with E-state index in [0.29, 0.717) is 35.5 Å². The molecule has 0 spiro atoms. The predicted octanol–water partition coefficient (Wildman–Crippen LogP) is 6.76. The third kappa shape index (κ3) is 7.01. The van der Waals surface area contributed by atoms with Crippen LogP contribution in [0.5, 0.6) is 0 Å². The molecule has 0 saturated heterocycles. The number of carbonyl (C=O) groups excluding carboxylic acids is 1. The lowest BCUT2D eigenvalue weighted by atomic mass is 9.64. The van der Waals surface area contributed by atoms with E-state index in [1.807, 2.05) is 0 Å². The Morgan fingerprint density at radius 3 is 2.03 bits per heavy atom. The van der Waals surface area contributed by atoms with Crippen LogP contribution in [-0.2, 0) is 14.2 Å². The topological polar surface area (TPSA) is 82.1 Å². The van der Waals surface area contributed by atoms with Crippen LogP contribution in [0.25, 0.3) is 0 Å². The molecule has 2 fully saturated rings. The van der Waals surface area contributed by atoms with Gasteiger partial charge in [0.2, 0.25) is 0 Å².